The Kier molecular flexibility index (Phi) is 10.9. The number of ether oxygens (including phenoxy) is 1. The number of aliphatic hydroxyl groups excluding tert-OH is 1. The van der Waals surface area contributed by atoms with Crippen LogP contribution in [0.2, 0.25) is 5.02 Å². The van der Waals surface area contributed by atoms with Crippen molar-refractivity contribution in [2.75, 3.05) is 19.5 Å². The lowest BCUT2D eigenvalue weighted by Gasteiger charge is -2.14. The molecule has 0 aliphatic heterocycles. The second kappa shape index (κ2) is 15.3. The largest absolute Gasteiger partial charge is 0.507 e. The van der Waals surface area contributed by atoms with Crippen molar-refractivity contribution < 1.29 is 19.7 Å². The predicted molar refractivity (Wildman–Crippen MR) is 202 cm³/mol. The first-order chi connectivity index (χ1) is 24.1. The summed E-state index contributed by atoms with van der Waals surface area (Å²) in [6, 6.07) is 17.9. The number of halogens is 1. The Bertz CT molecular complexity index is 2180. The molecule has 0 amide bonds. The van der Waals surface area contributed by atoms with E-state index in [-0.39, 0.29) is 6.61 Å². The Morgan fingerprint density at radius 3 is 2.48 bits per heavy atom. The number of aliphatic hydroxyl groups is 1. The van der Waals surface area contributed by atoms with Gasteiger partial charge in [-0.15, -0.1) is 0 Å². The molecule has 0 saturated heterocycles. The summed E-state index contributed by atoms with van der Waals surface area (Å²) in [5.74, 6) is 1.54. The fourth-order valence-corrected chi connectivity index (χ4v) is 8.15. The molecular weight excluding hydrogens is 670 g/mol. The van der Waals surface area contributed by atoms with Gasteiger partial charge < -0.3 is 19.5 Å². The van der Waals surface area contributed by atoms with Crippen LogP contribution in [0.3, 0.4) is 0 Å². The van der Waals surface area contributed by atoms with Crippen LogP contribution in [0, 0.1) is 13.8 Å². The molecule has 0 unspecified atom stereocenters. The monoisotopic (exact) mass is 713 g/mol. The topological polar surface area (TPSA) is 107 Å². The highest BCUT2D eigenvalue weighted by molar-refractivity contribution is 7.98. The van der Waals surface area contributed by atoms with Gasteiger partial charge in [0.15, 0.2) is 0 Å². The first-order valence-corrected chi connectivity index (χ1v) is 18.5. The Morgan fingerprint density at radius 2 is 1.74 bits per heavy atom. The molecule has 2 N–H and O–H groups in total. The van der Waals surface area contributed by atoms with Gasteiger partial charge in [0.2, 0.25) is 0 Å². The van der Waals surface area contributed by atoms with Crippen molar-refractivity contribution in [1.29, 1.82) is 0 Å². The van der Waals surface area contributed by atoms with Crippen molar-refractivity contribution in [3.8, 4) is 16.9 Å². The zero-order valence-corrected chi connectivity index (χ0v) is 30.9. The van der Waals surface area contributed by atoms with E-state index in [0.29, 0.717) is 35.9 Å². The number of rotatable bonds is 14. The summed E-state index contributed by atoms with van der Waals surface area (Å²) in [6.07, 6.45) is 3.50. The van der Waals surface area contributed by atoms with Crippen molar-refractivity contribution in [3.63, 3.8) is 0 Å². The van der Waals surface area contributed by atoms with Gasteiger partial charge in [0.1, 0.15) is 11.4 Å². The van der Waals surface area contributed by atoms with E-state index in [1.807, 2.05) is 91.5 Å². The van der Waals surface area contributed by atoms with Crippen molar-refractivity contribution in [1.82, 2.24) is 24.1 Å². The molecule has 6 rings (SSSR count). The molecule has 0 spiro atoms. The maximum Gasteiger partial charge on any atom is 0.354 e. The standard InChI is InChI=1S/C39H44ClN5O4S/c1-24-35(25(2)43(3)41-24)36-33(40)16-15-32-31(12-8-18-46)38(39(48)49-5)45(37(32)36)17-9-19-50-23-28-22-29(44(4)42-28)14-13-26-20-27-10-6-7-11-30(27)34(47)21-26/h6-7,10-11,15-16,20-22,46-47H,8-9,12-14,17-19,23H2,1-5H3. The van der Waals surface area contributed by atoms with Gasteiger partial charge in [-0.25, -0.2) is 4.79 Å². The number of hydrogen-bond donors (Lipinski definition) is 2. The number of thioether (sulfide) groups is 1. The summed E-state index contributed by atoms with van der Waals surface area (Å²) in [5, 5.41) is 33.1. The van der Waals surface area contributed by atoms with E-state index >= 15 is 0 Å². The lowest BCUT2D eigenvalue weighted by Crippen LogP contribution is -2.14. The first kappa shape index (κ1) is 35.6. The molecule has 262 valence electrons. The maximum atomic E-state index is 13.4. The van der Waals surface area contributed by atoms with Crippen molar-refractivity contribution in [3.05, 3.63) is 99.2 Å². The number of esters is 1. The highest BCUT2D eigenvalue weighted by atomic mass is 35.5. The third-order valence-corrected chi connectivity index (χ3v) is 10.9. The molecule has 6 aromatic rings. The summed E-state index contributed by atoms with van der Waals surface area (Å²) < 4.78 is 11.2. The van der Waals surface area contributed by atoms with E-state index in [1.54, 1.807) is 0 Å². The van der Waals surface area contributed by atoms with E-state index < -0.39 is 5.97 Å². The van der Waals surface area contributed by atoms with Gasteiger partial charge in [0.05, 0.1) is 29.0 Å². The summed E-state index contributed by atoms with van der Waals surface area (Å²) in [7, 11) is 5.31. The normalized spacial score (nSPS) is 11.7. The molecule has 0 bridgehead atoms. The summed E-state index contributed by atoms with van der Waals surface area (Å²) in [5.41, 5.74) is 9.22. The fraction of sp³-hybridized carbons (Fsp3) is 0.359. The van der Waals surface area contributed by atoms with Gasteiger partial charge in [-0.3, -0.25) is 9.36 Å². The number of carbonyl (C=O) groups is 1. The van der Waals surface area contributed by atoms with Gasteiger partial charge in [0, 0.05) is 66.3 Å². The summed E-state index contributed by atoms with van der Waals surface area (Å²) >= 11 is 8.78. The summed E-state index contributed by atoms with van der Waals surface area (Å²) in [6.45, 7) is 4.62. The third-order valence-electron chi connectivity index (χ3n) is 9.52. The van der Waals surface area contributed by atoms with Crippen molar-refractivity contribution in [2.45, 2.75) is 58.2 Å². The molecule has 0 fully saturated rings. The number of hydrogen-bond acceptors (Lipinski definition) is 7. The van der Waals surface area contributed by atoms with Gasteiger partial charge >= 0.3 is 5.97 Å². The van der Waals surface area contributed by atoms with Crippen LogP contribution in [-0.2, 0) is 50.4 Å². The van der Waals surface area contributed by atoms with Gasteiger partial charge in [-0.1, -0.05) is 48.0 Å². The van der Waals surface area contributed by atoms with Crippen molar-refractivity contribution in [2.24, 2.45) is 14.1 Å². The lowest BCUT2D eigenvalue weighted by atomic mass is 9.98. The second-order valence-corrected chi connectivity index (χ2v) is 14.3. The Labute approximate surface area is 301 Å². The van der Waals surface area contributed by atoms with E-state index in [2.05, 4.69) is 21.8 Å². The number of aromatic hydroxyl groups is 1. The maximum absolute atomic E-state index is 13.4. The van der Waals surface area contributed by atoms with E-state index in [1.165, 1.54) is 7.11 Å². The molecule has 3 aromatic carbocycles. The number of aryl methyl sites for hydroxylation is 7. The van der Waals surface area contributed by atoms with Crippen LogP contribution in [0.1, 0.15) is 57.2 Å². The predicted octanol–water partition coefficient (Wildman–Crippen LogP) is 7.72. The molecule has 9 nitrogen and oxygen atoms in total. The minimum absolute atomic E-state index is 0.0213. The van der Waals surface area contributed by atoms with Gasteiger partial charge in [-0.2, -0.15) is 22.0 Å². The SMILES string of the molecule is COC(=O)c1c(CCCO)c2ccc(Cl)c(-c3c(C)nn(C)c3C)c2n1CCCSCc1cc(CCc2cc(O)c3ccccc3c2)n(C)n1. The Balaban J connectivity index is 1.20. The second-order valence-electron chi connectivity index (χ2n) is 12.8. The highest BCUT2D eigenvalue weighted by Crippen LogP contribution is 2.42. The van der Waals surface area contributed by atoms with Crippen LogP contribution in [0.15, 0.2) is 54.6 Å². The number of phenolic OH excluding ortho intramolecular Hbond substituents is 1. The number of fused-ring (bicyclic) bond motifs is 2. The third kappa shape index (κ3) is 7.02. The molecule has 0 aliphatic rings. The van der Waals surface area contributed by atoms with Crippen LogP contribution < -0.4 is 0 Å². The smallest absolute Gasteiger partial charge is 0.354 e. The highest BCUT2D eigenvalue weighted by Gasteiger charge is 2.28. The van der Waals surface area contributed by atoms with Gasteiger partial charge in [0.25, 0.3) is 0 Å². The average Bonchev–Trinajstić information content (AvgIpc) is 3.71. The Morgan fingerprint density at radius 1 is 0.940 bits per heavy atom. The molecule has 3 heterocycles. The summed E-state index contributed by atoms with van der Waals surface area (Å²) in [4.78, 5) is 13.4. The van der Waals surface area contributed by atoms with Crippen LogP contribution in [0.4, 0.5) is 0 Å². The molecule has 0 radical (unpaired) electrons. The lowest BCUT2D eigenvalue weighted by molar-refractivity contribution is 0.0587. The molecular formula is C39H44ClN5O4S. The minimum Gasteiger partial charge on any atom is -0.507 e. The number of methoxy groups -OCH3 is 1. The van der Waals surface area contributed by atoms with Crippen molar-refractivity contribution >= 4 is 51.0 Å². The molecule has 0 atom stereocenters. The molecule has 0 aliphatic carbocycles. The Hall–Kier alpha value is -4.25. The van der Waals surface area contributed by atoms with E-state index in [9.17, 15) is 15.0 Å². The minimum atomic E-state index is -0.400. The molecule has 11 heteroatoms. The number of carbonyl (C=O) groups excluding carboxylic acids is 1. The van der Waals surface area contributed by atoms with Crippen LogP contribution in [-0.4, -0.2) is 59.8 Å². The zero-order chi connectivity index (χ0) is 35.5. The number of aromatic nitrogens is 5. The van der Waals surface area contributed by atoms with E-state index in [0.717, 1.165) is 97.5 Å². The quantitative estimate of drug-likeness (QED) is 0.0879. The molecule has 50 heavy (non-hydrogen) atoms. The van der Waals surface area contributed by atoms with E-state index in [4.69, 9.17) is 21.4 Å². The number of phenols is 1. The van der Waals surface area contributed by atoms with Crippen LogP contribution in [0.5, 0.6) is 5.75 Å². The molecule has 3 aromatic heterocycles. The fourth-order valence-electron chi connectivity index (χ4n) is 7.07. The van der Waals surface area contributed by atoms with Crippen LogP contribution >= 0.6 is 23.4 Å². The first-order valence-electron chi connectivity index (χ1n) is 17.0. The number of nitrogens with zero attached hydrogens (tertiary/aromatic N) is 5. The zero-order valence-electron chi connectivity index (χ0n) is 29.3. The average molecular weight is 714 g/mol. The molecule has 0 saturated carbocycles. The van der Waals surface area contributed by atoms with Crippen LogP contribution in [0.25, 0.3) is 32.8 Å². The van der Waals surface area contributed by atoms with Gasteiger partial charge in [-0.05, 0) is 86.4 Å². The number of benzene rings is 3.